The highest BCUT2D eigenvalue weighted by atomic mass is 19.1. The summed E-state index contributed by atoms with van der Waals surface area (Å²) in [6.07, 6.45) is -0.581. The van der Waals surface area contributed by atoms with E-state index < -0.39 is 41.6 Å². The van der Waals surface area contributed by atoms with E-state index in [4.69, 9.17) is 15.9 Å². The molecule has 1 rings (SSSR count). The molecule has 0 bridgehead atoms. The first-order valence-electron chi connectivity index (χ1n) is 4.52. The molecule has 0 aliphatic rings. The number of aromatic carboxylic acids is 1. The van der Waals surface area contributed by atoms with Crippen LogP contribution in [0.3, 0.4) is 0 Å². The lowest BCUT2D eigenvalue weighted by Crippen LogP contribution is -2.17. The molecule has 1 unspecified atom stereocenters. The summed E-state index contributed by atoms with van der Waals surface area (Å²) in [6, 6.07) is -0.147. The summed E-state index contributed by atoms with van der Waals surface area (Å²) in [5.41, 5.74) is 4.17. The SMILES string of the molecule is NC(CC(=O)O)c1cc(F)c(C(=O)O)cc1F. The maximum absolute atomic E-state index is 13.4. The van der Waals surface area contributed by atoms with Gasteiger partial charge in [-0.05, 0) is 12.1 Å². The van der Waals surface area contributed by atoms with Crippen LogP contribution in [-0.4, -0.2) is 22.2 Å². The van der Waals surface area contributed by atoms with Crippen LogP contribution in [0.15, 0.2) is 12.1 Å². The van der Waals surface area contributed by atoms with Crippen LogP contribution >= 0.6 is 0 Å². The zero-order valence-corrected chi connectivity index (χ0v) is 8.48. The normalized spacial score (nSPS) is 12.2. The summed E-state index contributed by atoms with van der Waals surface area (Å²) >= 11 is 0. The Morgan fingerprint density at radius 3 is 2.29 bits per heavy atom. The molecule has 0 aliphatic carbocycles. The number of aliphatic carboxylic acids is 1. The van der Waals surface area contributed by atoms with E-state index in [1.165, 1.54) is 0 Å². The van der Waals surface area contributed by atoms with Crippen LogP contribution in [0.1, 0.15) is 28.4 Å². The smallest absolute Gasteiger partial charge is 0.338 e. The van der Waals surface area contributed by atoms with Crippen molar-refractivity contribution in [3.63, 3.8) is 0 Å². The number of rotatable bonds is 4. The maximum Gasteiger partial charge on any atom is 0.338 e. The third kappa shape index (κ3) is 2.97. The minimum absolute atomic E-state index is 0.366. The van der Waals surface area contributed by atoms with Crippen molar-refractivity contribution in [3.8, 4) is 0 Å². The highest BCUT2D eigenvalue weighted by Crippen LogP contribution is 2.21. The summed E-state index contributed by atoms with van der Waals surface area (Å²) in [5.74, 6) is -5.08. The predicted molar refractivity (Wildman–Crippen MR) is 52.5 cm³/mol. The first-order valence-corrected chi connectivity index (χ1v) is 4.52. The van der Waals surface area contributed by atoms with Crippen molar-refractivity contribution < 1.29 is 28.6 Å². The predicted octanol–water partition coefficient (Wildman–Crippen LogP) is 1.14. The highest BCUT2D eigenvalue weighted by molar-refractivity contribution is 5.88. The van der Waals surface area contributed by atoms with Gasteiger partial charge in [0.25, 0.3) is 0 Å². The van der Waals surface area contributed by atoms with E-state index in [-0.39, 0.29) is 5.56 Å². The lowest BCUT2D eigenvalue weighted by Gasteiger charge is -2.11. The fraction of sp³-hybridized carbons (Fsp3) is 0.200. The Balaban J connectivity index is 3.15. The summed E-state index contributed by atoms with van der Waals surface area (Å²) < 4.78 is 26.6. The molecule has 92 valence electrons. The van der Waals surface area contributed by atoms with E-state index >= 15 is 0 Å². The fourth-order valence-corrected chi connectivity index (χ4v) is 1.31. The van der Waals surface area contributed by atoms with Crippen LogP contribution in [0.25, 0.3) is 0 Å². The van der Waals surface area contributed by atoms with Gasteiger partial charge in [-0.15, -0.1) is 0 Å². The lowest BCUT2D eigenvalue weighted by molar-refractivity contribution is -0.137. The van der Waals surface area contributed by atoms with Crippen LogP contribution in [0, 0.1) is 11.6 Å². The minimum atomic E-state index is -1.61. The van der Waals surface area contributed by atoms with Crippen LogP contribution in [0.2, 0.25) is 0 Å². The molecule has 0 heterocycles. The molecule has 5 nitrogen and oxygen atoms in total. The summed E-state index contributed by atoms with van der Waals surface area (Å²) in [7, 11) is 0. The first-order chi connectivity index (χ1) is 7.82. The summed E-state index contributed by atoms with van der Waals surface area (Å²) in [5, 5.41) is 17.0. The van der Waals surface area contributed by atoms with Gasteiger partial charge in [-0.3, -0.25) is 4.79 Å². The zero-order chi connectivity index (χ0) is 13.2. The van der Waals surface area contributed by atoms with Crippen molar-refractivity contribution in [2.24, 2.45) is 5.73 Å². The van der Waals surface area contributed by atoms with E-state index in [0.717, 1.165) is 0 Å². The van der Waals surface area contributed by atoms with Crippen molar-refractivity contribution in [1.82, 2.24) is 0 Å². The molecule has 17 heavy (non-hydrogen) atoms. The van der Waals surface area contributed by atoms with Crippen molar-refractivity contribution in [2.75, 3.05) is 0 Å². The molecule has 1 aromatic carbocycles. The highest BCUT2D eigenvalue weighted by Gasteiger charge is 2.20. The van der Waals surface area contributed by atoms with Gasteiger partial charge in [0.15, 0.2) is 0 Å². The fourth-order valence-electron chi connectivity index (χ4n) is 1.31. The van der Waals surface area contributed by atoms with Crippen molar-refractivity contribution >= 4 is 11.9 Å². The van der Waals surface area contributed by atoms with Crippen molar-refractivity contribution in [1.29, 1.82) is 0 Å². The van der Waals surface area contributed by atoms with Gasteiger partial charge in [-0.2, -0.15) is 0 Å². The molecule has 1 atom stereocenters. The molecule has 7 heteroatoms. The van der Waals surface area contributed by atoms with E-state index in [9.17, 15) is 18.4 Å². The molecule has 0 saturated carbocycles. The number of carboxylic acid groups (broad SMARTS) is 2. The molecular formula is C10H9F2NO4. The molecule has 4 N–H and O–H groups in total. The van der Waals surface area contributed by atoms with Crippen LogP contribution in [-0.2, 0) is 4.79 Å². The maximum atomic E-state index is 13.4. The largest absolute Gasteiger partial charge is 0.481 e. The van der Waals surface area contributed by atoms with Crippen molar-refractivity contribution in [3.05, 3.63) is 34.9 Å². The molecule has 0 aromatic heterocycles. The third-order valence-electron chi connectivity index (χ3n) is 2.11. The Morgan fingerprint density at radius 2 is 1.82 bits per heavy atom. The van der Waals surface area contributed by atoms with Gasteiger partial charge in [0.2, 0.25) is 0 Å². The summed E-state index contributed by atoms with van der Waals surface area (Å²) in [6.45, 7) is 0. The van der Waals surface area contributed by atoms with Gasteiger partial charge in [0.05, 0.1) is 12.0 Å². The van der Waals surface area contributed by atoms with Gasteiger partial charge in [0, 0.05) is 11.6 Å². The number of halogens is 2. The van der Waals surface area contributed by atoms with Gasteiger partial charge in [-0.25, -0.2) is 13.6 Å². The lowest BCUT2D eigenvalue weighted by atomic mass is 10.0. The molecule has 0 saturated heterocycles. The van der Waals surface area contributed by atoms with E-state index in [0.29, 0.717) is 12.1 Å². The first kappa shape index (κ1) is 13.0. The molecule has 0 amide bonds. The molecule has 0 aliphatic heterocycles. The average molecular weight is 245 g/mol. The third-order valence-corrected chi connectivity index (χ3v) is 2.11. The average Bonchev–Trinajstić information content (AvgIpc) is 2.19. The van der Waals surface area contributed by atoms with E-state index in [2.05, 4.69) is 0 Å². The molecule has 0 spiro atoms. The van der Waals surface area contributed by atoms with Gasteiger partial charge in [-0.1, -0.05) is 0 Å². The molecule has 0 radical (unpaired) electrons. The zero-order valence-electron chi connectivity index (χ0n) is 8.48. The second-order valence-electron chi connectivity index (χ2n) is 3.36. The number of benzene rings is 1. The van der Waals surface area contributed by atoms with Crippen LogP contribution in [0.5, 0.6) is 0 Å². The van der Waals surface area contributed by atoms with E-state index in [1.54, 1.807) is 0 Å². The monoisotopic (exact) mass is 245 g/mol. The molecular weight excluding hydrogens is 236 g/mol. The second-order valence-corrected chi connectivity index (χ2v) is 3.36. The minimum Gasteiger partial charge on any atom is -0.481 e. The van der Waals surface area contributed by atoms with Gasteiger partial charge in [0.1, 0.15) is 11.6 Å². The quantitative estimate of drug-likeness (QED) is 0.738. The topological polar surface area (TPSA) is 101 Å². The standard InChI is InChI=1S/C10H9F2NO4/c11-6-2-5(10(16)17)7(12)1-4(6)8(13)3-9(14)15/h1-2,8H,3,13H2,(H,14,15)(H,16,17). The number of nitrogens with two attached hydrogens (primary N) is 1. The molecule has 0 fully saturated rings. The van der Waals surface area contributed by atoms with Gasteiger partial charge < -0.3 is 15.9 Å². The Hall–Kier alpha value is -2.02. The number of carbonyl (C=O) groups is 2. The number of hydrogen-bond acceptors (Lipinski definition) is 3. The number of carboxylic acids is 2. The number of hydrogen-bond donors (Lipinski definition) is 3. The Bertz CT molecular complexity index is 476. The Morgan fingerprint density at radius 1 is 1.24 bits per heavy atom. The molecule has 1 aromatic rings. The Labute approximate surface area is 94.5 Å². The van der Waals surface area contributed by atoms with E-state index in [1.807, 2.05) is 0 Å². The second kappa shape index (κ2) is 4.88. The van der Waals surface area contributed by atoms with Crippen LogP contribution < -0.4 is 5.73 Å². The van der Waals surface area contributed by atoms with Crippen LogP contribution in [0.4, 0.5) is 8.78 Å². The van der Waals surface area contributed by atoms with Crippen molar-refractivity contribution in [2.45, 2.75) is 12.5 Å². The summed E-state index contributed by atoms with van der Waals surface area (Å²) in [4.78, 5) is 20.9. The Kier molecular flexibility index (Phi) is 3.74. The van der Waals surface area contributed by atoms with Gasteiger partial charge >= 0.3 is 11.9 Å².